The van der Waals surface area contributed by atoms with Gasteiger partial charge in [-0.25, -0.2) is 0 Å². The van der Waals surface area contributed by atoms with Gasteiger partial charge in [-0.2, -0.15) is 0 Å². The Morgan fingerprint density at radius 3 is 2.29 bits per heavy atom. The molecule has 5 nitrogen and oxygen atoms in total. The van der Waals surface area contributed by atoms with E-state index in [1.54, 1.807) is 0 Å². The van der Waals surface area contributed by atoms with Crippen molar-refractivity contribution in [2.45, 2.75) is 32.8 Å². The van der Waals surface area contributed by atoms with E-state index < -0.39 is 0 Å². The van der Waals surface area contributed by atoms with E-state index in [0.29, 0.717) is 6.47 Å². The van der Waals surface area contributed by atoms with Crippen LogP contribution in [0.4, 0.5) is 0 Å². The number of hydrogen-bond acceptors (Lipinski definition) is 5. The topological polar surface area (TPSA) is 67.6 Å². The summed E-state index contributed by atoms with van der Waals surface area (Å²) in [6.45, 7) is 12.6. The van der Waals surface area contributed by atoms with E-state index in [2.05, 4.69) is 15.0 Å². The summed E-state index contributed by atoms with van der Waals surface area (Å²) in [5.41, 5.74) is 5.09. The predicted octanol–water partition coefficient (Wildman–Crippen LogP) is 0.198. The molecular weight excluding hydrogens is 218 g/mol. The number of nitrogens with two attached hydrogens (primary N) is 1. The summed E-state index contributed by atoms with van der Waals surface area (Å²) in [6, 6.07) is 0. The Kier molecular flexibility index (Phi) is 9.03. The zero-order chi connectivity index (χ0) is 13.1. The van der Waals surface area contributed by atoms with E-state index in [0.717, 1.165) is 26.1 Å². The molecule has 1 fully saturated rings. The van der Waals surface area contributed by atoms with Crippen molar-refractivity contribution in [2.75, 3.05) is 39.3 Å². The zero-order valence-corrected chi connectivity index (χ0v) is 11.4. The highest BCUT2D eigenvalue weighted by atomic mass is 16.5. The summed E-state index contributed by atoms with van der Waals surface area (Å²) in [5, 5.41) is 3.32. The van der Waals surface area contributed by atoms with Gasteiger partial charge in [0.25, 0.3) is 6.47 Å². The standard InChI is InChI=1S/C7H17N3.C5H10O2/c8-2-1-5-10-6-3-9-4-7-10;1-5(2,3)7-4-6/h9H,1-8H2;4H,1-3H3. The Morgan fingerprint density at radius 2 is 1.94 bits per heavy atom. The summed E-state index contributed by atoms with van der Waals surface area (Å²) >= 11 is 0. The molecule has 1 heterocycles. The highest BCUT2D eigenvalue weighted by molar-refractivity contribution is 5.37. The van der Waals surface area contributed by atoms with Gasteiger partial charge in [0.1, 0.15) is 5.60 Å². The minimum Gasteiger partial charge on any atom is -0.462 e. The third kappa shape index (κ3) is 11.6. The molecule has 1 aliphatic heterocycles. The van der Waals surface area contributed by atoms with Crippen LogP contribution in [0.15, 0.2) is 0 Å². The van der Waals surface area contributed by atoms with Gasteiger partial charge in [0.05, 0.1) is 0 Å². The Labute approximate surface area is 105 Å². The molecule has 1 saturated heterocycles. The summed E-state index contributed by atoms with van der Waals surface area (Å²) in [6.07, 6.45) is 1.14. The molecule has 0 atom stereocenters. The van der Waals surface area contributed by atoms with Crippen molar-refractivity contribution >= 4 is 6.47 Å². The lowest BCUT2D eigenvalue weighted by Crippen LogP contribution is -2.44. The lowest BCUT2D eigenvalue weighted by molar-refractivity contribution is -0.138. The largest absolute Gasteiger partial charge is 0.462 e. The molecule has 1 aliphatic rings. The van der Waals surface area contributed by atoms with Gasteiger partial charge in [-0.15, -0.1) is 0 Å². The lowest BCUT2D eigenvalue weighted by Gasteiger charge is -2.26. The number of nitrogens with zero attached hydrogens (tertiary/aromatic N) is 1. The number of piperazine rings is 1. The van der Waals surface area contributed by atoms with E-state index in [-0.39, 0.29) is 5.60 Å². The first-order valence-corrected chi connectivity index (χ1v) is 6.24. The Bertz CT molecular complexity index is 187. The Balaban J connectivity index is 0.000000325. The smallest absolute Gasteiger partial charge is 0.293 e. The van der Waals surface area contributed by atoms with Crippen molar-refractivity contribution in [3.8, 4) is 0 Å². The van der Waals surface area contributed by atoms with E-state index in [4.69, 9.17) is 5.73 Å². The summed E-state index contributed by atoms with van der Waals surface area (Å²) in [7, 11) is 0. The highest BCUT2D eigenvalue weighted by Gasteiger charge is 2.07. The minimum absolute atomic E-state index is 0.318. The van der Waals surface area contributed by atoms with Crippen molar-refractivity contribution in [1.29, 1.82) is 0 Å². The number of carbonyl (C=O) groups excluding carboxylic acids is 1. The Hall–Kier alpha value is -0.650. The zero-order valence-electron chi connectivity index (χ0n) is 11.4. The number of rotatable bonds is 4. The highest BCUT2D eigenvalue weighted by Crippen LogP contribution is 2.02. The van der Waals surface area contributed by atoms with Crippen LogP contribution < -0.4 is 11.1 Å². The van der Waals surface area contributed by atoms with Crippen LogP contribution in [0, 0.1) is 0 Å². The minimum atomic E-state index is -0.318. The normalized spacial score (nSPS) is 16.9. The van der Waals surface area contributed by atoms with Crippen molar-refractivity contribution < 1.29 is 9.53 Å². The molecule has 0 aliphatic carbocycles. The maximum absolute atomic E-state index is 9.60. The average molecular weight is 245 g/mol. The summed E-state index contributed by atoms with van der Waals surface area (Å²) in [4.78, 5) is 12.1. The number of carbonyl (C=O) groups is 1. The lowest BCUT2D eigenvalue weighted by atomic mass is 10.2. The second kappa shape index (κ2) is 9.39. The average Bonchev–Trinajstić information content (AvgIpc) is 2.27. The third-order valence-electron chi connectivity index (χ3n) is 2.29. The van der Waals surface area contributed by atoms with Crippen LogP contribution in [-0.4, -0.2) is 56.2 Å². The van der Waals surface area contributed by atoms with E-state index in [9.17, 15) is 4.79 Å². The van der Waals surface area contributed by atoms with Crippen LogP contribution in [0.3, 0.4) is 0 Å². The van der Waals surface area contributed by atoms with Gasteiger partial charge in [-0.05, 0) is 40.3 Å². The van der Waals surface area contributed by atoms with Gasteiger partial charge in [-0.1, -0.05) is 0 Å². The maximum atomic E-state index is 9.60. The molecule has 102 valence electrons. The van der Waals surface area contributed by atoms with Gasteiger partial charge >= 0.3 is 0 Å². The molecule has 0 aromatic heterocycles. The fourth-order valence-electron chi connectivity index (χ4n) is 1.39. The molecule has 0 radical (unpaired) electrons. The molecular formula is C12H27N3O2. The third-order valence-corrected chi connectivity index (χ3v) is 2.29. The van der Waals surface area contributed by atoms with Gasteiger partial charge in [-0.3, -0.25) is 4.79 Å². The SMILES string of the molecule is CC(C)(C)OC=O.NCCCN1CCNCC1. The number of ether oxygens (including phenoxy) is 1. The van der Waals surface area contributed by atoms with Crippen LogP contribution in [0.2, 0.25) is 0 Å². The van der Waals surface area contributed by atoms with Gasteiger partial charge in [0.2, 0.25) is 0 Å². The molecule has 0 aromatic rings. The molecule has 0 amide bonds. The first kappa shape index (κ1) is 16.4. The molecule has 0 spiro atoms. The van der Waals surface area contributed by atoms with E-state index >= 15 is 0 Å². The fraction of sp³-hybridized carbons (Fsp3) is 0.917. The first-order valence-electron chi connectivity index (χ1n) is 6.24. The first-order chi connectivity index (χ1) is 7.99. The molecule has 0 aromatic carbocycles. The molecule has 0 saturated carbocycles. The molecule has 3 N–H and O–H groups in total. The van der Waals surface area contributed by atoms with Crippen LogP contribution >= 0.6 is 0 Å². The van der Waals surface area contributed by atoms with Gasteiger partial charge < -0.3 is 20.7 Å². The molecule has 1 rings (SSSR count). The van der Waals surface area contributed by atoms with Crippen molar-refractivity contribution in [3.05, 3.63) is 0 Å². The van der Waals surface area contributed by atoms with Crippen molar-refractivity contribution in [2.24, 2.45) is 5.73 Å². The molecule has 0 unspecified atom stereocenters. The molecule has 0 bridgehead atoms. The van der Waals surface area contributed by atoms with Crippen LogP contribution in [0.1, 0.15) is 27.2 Å². The van der Waals surface area contributed by atoms with E-state index in [1.165, 1.54) is 19.6 Å². The monoisotopic (exact) mass is 245 g/mol. The van der Waals surface area contributed by atoms with Crippen LogP contribution in [0.5, 0.6) is 0 Å². The summed E-state index contributed by atoms with van der Waals surface area (Å²) < 4.78 is 4.55. The van der Waals surface area contributed by atoms with Gasteiger partial charge in [0.15, 0.2) is 0 Å². The van der Waals surface area contributed by atoms with Crippen molar-refractivity contribution in [1.82, 2.24) is 10.2 Å². The number of nitrogens with one attached hydrogen (secondary N) is 1. The van der Waals surface area contributed by atoms with Crippen molar-refractivity contribution in [3.63, 3.8) is 0 Å². The molecule has 17 heavy (non-hydrogen) atoms. The second-order valence-corrected chi connectivity index (χ2v) is 5.06. The van der Waals surface area contributed by atoms with Crippen LogP contribution in [-0.2, 0) is 9.53 Å². The number of hydrogen-bond donors (Lipinski definition) is 2. The maximum Gasteiger partial charge on any atom is 0.293 e. The fourth-order valence-corrected chi connectivity index (χ4v) is 1.39. The summed E-state index contributed by atoms with van der Waals surface area (Å²) in [5.74, 6) is 0. The van der Waals surface area contributed by atoms with E-state index in [1.807, 2.05) is 20.8 Å². The second-order valence-electron chi connectivity index (χ2n) is 5.06. The van der Waals surface area contributed by atoms with Crippen LogP contribution in [0.25, 0.3) is 0 Å². The predicted molar refractivity (Wildman–Crippen MR) is 69.9 cm³/mol. The quantitative estimate of drug-likeness (QED) is 0.693. The van der Waals surface area contributed by atoms with Gasteiger partial charge in [0, 0.05) is 26.2 Å². The molecule has 5 heteroatoms. The Morgan fingerprint density at radius 1 is 1.35 bits per heavy atom.